The molecule has 158 valence electrons. The lowest BCUT2D eigenvalue weighted by atomic mass is 9.78. The molecule has 4 rings (SSSR count). The Hall–Kier alpha value is -2.52. The van der Waals surface area contributed by atoms with Crippen molar-refractivity contribution in [2.24, 2.45) is 11.7 Å². The summed E-state index contributed by atoms with van der Waals surface area (Å²) in [5.74, 6) is -0.885. The van der Waals surface area contributed by atoms with E-state index in [1.54, 1.807) is 6.07 Å². The second-order valence-corrected chi connectivity index (χ2v) is 9.55. The molecule has 10 heteroatoms. The van der Waals surface area contributed by atoms with E-state index in [0.29, 0.717) is 21.3 Å². The summed E-state index contributed by atoms with van der Waals surface area (Å²) in [5, 5.41) is 11.6. The summed E-state index contributed by atoms with van der Waals surface area (Å²) < 4.78 is 0.402. The number of nitrogens with zero attached hydrogens (tertiary/aromatic N) is 3. The molecule has 2 N–H and O–H groups in total. The molecule has 1 aromatic heterocycles. The quantitative estimate of drug-likeness (QED) is 0.528. The largest absolute Gasteiger partial charge is 0.367 e. The van der Waals surface area contributed by atoms with Crippen molar-refractivity contribution in [1.82, 2.24) is 9.88 Å². The van der Waals surface area contributed by atoms with E-state index in [4.69, 9.17) is 17.3 Å². The number of aromatic nitrogens is 1. The van der Waals surface area contributed by atoms with Gasteiger partial charge < -0.3 is 10.6 Å². The van der Waals surface area contributed by atoms with E-state index in [1.807, 2.05) is 0 Å². The van der Waals surface area contributed by atoms with Crippen molar-refractivity contribution >= 4 is 40.4 Å². The Morgan fingerprint density at radius 1 is 1.37 bits per heavy atom. The molecular formula is C20H21ClN4O4S. The standard InChI is InChI=1S/C20H21ClN4O4S/c21-16-10-23-19(30-16)20(18(22)27,9-12-4-2-1-3-5-12)24-11-13-6-7-14(25(28)29)8-15(13)17(24)26/h6-8,10,12H,1-5,9,11H2,(H2,22,27). The van der Waals surface area contributed by atoms with Crippen LogP contribution in [-0.2, 0) is 16.9 Å². The zero-order valence-electron chi connectivity index (χ0n) is 16.2. The number of amides is 2. The lowest BCUT2D eigenvalue weighted by Crippen LogP contribution is -2.56. The zero-order valence-corrected chi connectivity index (χ0v) is 17.7. The van der Waals surface area contributed by atoms with Crippen molar-refractivity contribution in [2.75, 3.05) is 0 Å². The summed E-state index contributed by atoms with van der Waals surface area (Å²) in [5.41, 5.74) is 5.21. The number of thiazole rings is 1. The molecule has 0 spiro atoms. The van der Waals surface area contributed by atoms with Crippen LogP contribution in [0.2, 0.25) is 4.34 Å². The molecule has 1 aliphatic heterocycles. The van der Waals surface area contributed by atoms with E-state index in [9.17, 15) is 19.7 Å². The van der Waals surface area contributed by atoms with E-state index in [1.165, 1.54) is 23.2 Å². The molecule has 30 heavy (non-hydrogen) atoms. The maximum absolute atomic E-state index is 13.4. The van der Waals surface area contributed by atoms with Gasteiger partial charge in [-0.15, -0.1) is 11.3 Å². The fraction of sp³-hybridized carbons (Fsp3) is 0.450. The van der Waals surface area contributed by atoms with Crippen molar-refractivity contribution in [3.63, 3.8) is 0 Å². The first kappa shape index (κ1) is 20.7. The van der Waals surface area contributed by atoms with E-state index in [0.717, 1.165) is 43.4 Å². The fourth-order valence-corrected chi connectivity index (χ4v) is 5.74. The minimum absolute atomic E-state index is 0.138. The number of rotatable bonds is 6. The SMILES string of the molecule is NC(=O)C(CC1CCCCC1)(c1ncc(Cl)s1)N1Cc2ccc([N+](=O)[O-])cc2C1=O. The molecular weight excluding hydrogens is 428 g/mol. The number of nitro benzene ring substituents is 1. The fourth-order valence-electron chi connectivity index (χ4n) is 4.62. The number of fused-ring (bicyclic) bond motifs is 1. The van der Waals surface area contributed by atoms with Crippen LogP contribution < -0.4 is 5.73 Å². The summed E-state index contributed by atoms with van der Waals surface area (Å²) in [6, 6.07) is 4.19. The highest BCUT2D eigenvalue weighted by molar-refractivity contribution is 7.16. The predicted octanol–water partition coefficient (Wildman–Crippen LogP) is 4.01. The summed E-state index contributed by atoms with van der Waals surface area (Å²) in [4.78, 5) is 42.8. The van der Waals surface area contributed by atoms with Gasteiger partial charge in [-0.1, -0.05) is 43.7 Å². The lowest BCUT2D eigenvalue weighted by Gasteiger charge is -2.40. The van der Waals surface area contributed by atoms with E-state index in [2.05, 4.69) is 4.98 Å². The van der Waals surface area contributed by atoms with Crippen LogP contribution in [-0.4, -0.2) is 26.6 Å². The average Bonchev–Trinajstić information content (AvgIpc) is 3.30. The van der Waals surface area contributed by atoms with Gasteiger partial charge in [0.2, 0.25) is 0 Å². The van der Waals surface area contributed by atoms with Crippen LogP contribution in [0.5, 0.6) is 0 Å². The van der Waals surface area contributed by atoms with Gasteiger partial charge in [0.25, 0.3) is 17.5 Å². The third-order valence-corrected chi connectivity index (χ3v) is 7.38. The molecule has 1 aromatic carbocycles. The Balaban J connectivity index is 1.80. The molecule has 8 nitrogen and oxygen atoms in total. The minimum atomic E-state index is -1.44. The Kier molecular flexibility index (Phi) is 5.50. The highest BCUT2D eigenvalue weighted by Crippen LogP contribution is 2.45. The Morgan fingerprint density at radius 2 is 2.10 bits per heavy atom. The molecule has 0 bridgehead atoms. The number of nitrogens with two attached hydrogens (primary N) is 1. The number of carbonyl (C=O) groups is 2. The number of carbonyl (C=O) groups excluding carboxylic acids is 2. The minimum Gasteiger partial charge on any atom is -0.367 e. The van der Waals surface area contributed by atoms with Gasteiger partial charge in [-0.25, -0.2) is 4.98 Å². The van der Waals surface area contributed by atoms with Gasteiger partial charge in [0.15, 0.2) is 5.54 Å². The summed E-state index contributed by atoms with van der Waals surface area (Å²) in [7, 11) is 0. The van der Waals surface area contributed by atoms with Gasteiger partial charge in [-0.3, -0.25) is 19.7 Å². The van der Waals surface area contributed by atoms with Crippen LogP contribution in [0.3, 0.4) is 0 Å². The highest BCUT2D eigenvalue weighted by atomic mass is 35.5. The van der Waals surface area contributed by atoms with Gasteiger partial charge in [-0.2, -0.15) is 0 Å². The average molecular weight is 449 g/mol. The van der Waals surface area contributed by atoms with Crippen LogP contribution in [0.15, 0.2) is 24.4 Å². The summed E-state index contributed by atoms with van der Waals surface area (Å²) in [6.45, 7) is 0.138. The Morgan fingerprint density at radius 3 is 2.70 bits per heavy atom. The molecule has 1 fully saturated rings. The molecule has 1 unspecified atom stereocenters. The Bertz CT molecular complexity index is 1020. The first-order valence-electron chi connectivity index (χ1n) is 9.84. The smallest absolute Gasteiger partial charge is 0.270 e. The maximum Gasteiger partial charge on any atom is 0.270 e. The summed E-state index contributed by atoms with van der Waals surface area (Å²) >= 11 is 7.27. The number of hydrogen-bond donors (Lipinski definition) is 1. The highest BCUT2D eigenvalue weighted by Gasteiger charge is 2.53. The van der Waals surface area contributed by atoms with Crippen LogP contribution in [0.4, 0.5) is 5.69 Å². The van der Waals surface area contributed by atoms with Crippen molar-refractivity contribution in [3.8, 4) is 0 Å². The Labute approximate surface area is 182 Å². The second kappa shape index (κ2) is 7.96. The lowest BCUT2D eigenvalue weighted by molar-refractivity contribution is -0.384. The zero-order chi connectivity index (χ0) is 21.5. The van der Waals surface area contributed by atoms with Crippen LogP contribution in [0.25, 0.3) is 0 Å². The number of hydrogen-bond acceptors (Lipinski definition) is 6. The molecule has 2 aromatic rings. The number of halogens is 1. The summed E-state index contributed by atoms with van der Waals surface area (Å²) in [6.07, 6.45) is 7.02. The number of non-ortho nitro benzene ring substituents is 1. The molecule has 1 saturated carbocycles. The van der Waals surface area contributed by atoms with Crippen molar-refractivity contribution < 1.29 is 14.5 Å². The first-order chi connectivity index (χ1) is 14.3. The second-order valence-electron chi connectivity index (χ2n) is 7.89. The van der Waals surface area contributed by atoms with Crippen LogP contribution in [0.1, 0.15) is 59.5 Å². The van der Waals surface area contributed by atoms with Gasteiger partial charge >= 0.3 is 0 Å². The molecule has 1 aliphatic carbocycles. The molecule has 2 heterocycles. The van der Waals surface area contributed by atoms with Gasteiger partial charge in [-0.05, 0) is 24.0 Å². The normalized spacial score (nSPS) is 18.8. The van der Waals surface area contributed by atoms with E-state index < -0.39 is 22.3 Å². The molecule has 2 aliphatic rings. The number of primary amides is 1. The topological polar surface area (TPSA) is 119 Å². The third kappa shape index (κ3) is 3.45. The van der Waals surface area contributed by atoms with Crippen molar-refractivity contribution in [2.45, 2.75) is 50.6 Å². The monoisotopic (exact) mass is 448 g/mol. The number of nitro groups is 1. The van der Waals surface area contributed by atoms with E-state index in [-0.39, 0.29) is 23.7 Å². The third-order valence-electron chi connectivity index (χ3n) is 6.12. The van der Waals surface area contributed by atoms with Gasteiger partial charge in [0, 0.05) is 18.7 Å². The molecule has 1 atom stereocenters. The molecule has 0 saturated heterocycles. The first-order valence-corrected chi connectivity index (χ1v) is 11.0. The van der Waals surface area contributed by atoms with Crippen LogP contribution in [0, 0.1) is 16.0 Å². The van der Waals surface area contributed by atoms with Crippen molar-refractivity contribution in [3.05, 3.63) is 55.0 Å². The number of benzene rings is 1. The van der Waals surface area contributed by atoms with Crippen LogP contribution >= 0.6 is 22.9 Å². The van der Waals surface area contributed by atoms with E-state index >= 15 is 0 Å². The molecule has 0 radical (unpaired) electrons. The van der Waals surface area contributed by atoms with Gasteiger partial charge in [0.05, 0.1) is 16.7 Å². The maximum atomic E-state index is 13.4. The van der Waals surface area contributed by atoms with Crippen molar-refractivity contribution in [1.29, 1.82) is 0 Å². The van der Waals surface area contributed by atoms with Gasteiger partial charge in [0.1, 0.15) is 9.34 Å². The molecule has 2 amide bonds. The predicted molar refractivity (Wildman–Crippen MR) is 112 cm³/mol.